The van der Waals surface area contributed by atoms with E-state index in [4.69, 9.17) is 11.5 Å². The van der Waals surface area contributed by atoms with Gasteiger partial charge in [0.1, 0.15) is 0 Å². The third-order valence-electron chi connectivity index (χ3n) is 4.67. The van der Waals surface area contributed by atoms with E-state index in [0.29, 0.717) is 0 Å². The summed E-state index contributed by atoms with van der Waals surface area (Å²) in [6, 6.07) is 7.50. The highest BCUT2D eigenvalue weighted by Gasteiger charge is 2.42. The number of nitrogens with one attached hydrogen (secondary N) is 2. The van der Waals surface area contributed by atoms with Crippen molar-refractivity contribution in [2.75, 3.05) is 48.4 Å². The van der Waals surface area contributed by atoms with Gasteiger partial charge in [0, 0.05) is 12.1 Å². The number of rotatable bonds is 12. The Bertz CT molecular complexity index is 1180. The Hall–Kier alpha value is -4.90. The van der Waals surface area contributed by atoms with Crippen LogP contribution in [-0.2, 0) is 19.1 Å². The molecule has 0 aliphatic carbocycles. The van der Waals surface area contributed by atoms with Crippen LogP contribution in [0.4, 0.5) is 51.7 Å². The fraction of sp³-hybridized carbons (Fsp3) is 0.364. The molecule has 0 saturated carbocycles. The lowest BCUT2D eigenvalue weighted by molar-refractivity contribution is -0.392. The predicted molar refractivity (Wildman–Crippen MR) is 135 cm³/mol. The van der Waals surface area contributed by atoms with E-state index in [1.54, 1.807) is 6.07 Å². The quantitative estimate of drug-likeness (QED) is 0.0935. The van der Waals surface area contributed by atoms with E-state index in [1.165, 1.54) is 26.0 Å². The molecule has 0 heterocycles. The Morgan fingerprint density at radius 3 is 1.48 bits per heavy atom. The molecule has 2 rings (SSSR count). The van der Waals surface area contributed by atoms with Gasteiger partial charge in [0.25, 0.3) is 11.4 Å². The van der Waals surface area contributed by atoms with Crippen LogP contribution in [0.5, 0.6) is 0 Å². The summed E-state index contributed by atoms with van der Waals surface area (Å²) in [5.41, 5.74) is 9.59. The van der Waals surface area contributed by atoms with Crippen molar-refractivity contribution in [1.82, 2.24) is 0 Å². The fourth-order valence-electron chi connectivity index (χ4n) is 2.82. The number of esters is 2. The summed E-state index contributed by atoms with van der Waals surface area (Å²) in [6.45, 7) is 0.0920. The molecule has 14 nitrogen and oxygen atoms in total. The predicted octanol–water partition coefficient (Wildman–Crippen LogP) is 3.57. The van der Waals surface area contributed by atoms with E-state index in [0.717, 1.165) is 18.2 Å². The Morgan fingerprint density at radius 1 is 0.775 bits per heavy atom. The average Bonchev–Trinajstić information content (AvgIpc) is 2.87. The molecule has 220 valence electrons. The number of alkyl halides is 4. The first-order chi connectivity index (χ1) is 18.6. The molecular weight excluding hydrogens is 552 g/mol. The minimum Gasteiger partial charge on any atom is -0.462 e. The third kappa shape index (κ3) is 9.14. The Morgan fingerprint density at radius 2 is 1.12 bits per heavy atom. The van der Waals surface area contributed by atoms with Crippen molar-refractivity contribution in [3.8, 4) is 0 Å². The molecule has 0 atom stereocenters. The molecule has 0 radical (unpaired) electrons. The number of nitrogen functional groups attached to an aromatic ring is 2. The van der Waals surface area contributed by atoms with Gasteiger partial charge in [-0.25, -0.2) is 9.59 Å². The van der Waals surface area contributed by atoms with Crippen molar-refractivity contribution in [3.05, 3.63) is 56.6 Å². The maximum Gasteiger partial charge on any atom is 0.378 e. The van der Waals surface area contributed by atoms with E-state index in [1.807, 2.05) is 5.32 Å². The number of nitrogens with zero attached hydrogens (tertiary/aromatic N) is 2. The van der Waals surface area contributed by atoms with E-state index in [9.17, 15) is 47.4 Å². The summed E-state index contributed by atoms with van der Waals surface area (Å²) in [6.07, 6.45) is 0. The van der Waals surface area contributed by atoms with E-state index < -0.39 is 63.8 Å². The lowest BCUT2D eigenvalue weighted by atomic mass is 10.2. The number of carbonyl (C=O) groups is 2. The smallest absolute Gasteiger partial charge is 0.378 e. The summed E-state index contributed by atoms with van der Waals surface area (Å²) in [4.78, 5) is 41.7. The minimum absolute atomic E-state index is 0.107. The second kappa shape index (κ2) is 14.3. The van der Waals surface area contributed by atoms with Gasteiger partial charge in [-0.15, -0.1) is 0 Å². The average molecular weight is 578 g/mol. The van der Waals surface area contributed by atoms with Gasteiger partial charge in [0.05, 0.1) is 53.2 Å². The zero-order valence-corrected chi connectivity index (χ0v) is 21.1. The number of ether oxygens (including phenoxy) is 2. The molecule has 2 aromatic carbocycles. The molecule has 2 aromatic rings. The molecule has 0 fully saturated rings. The topological polar surface area (TPSA) is 215 Å². The van der Waals surface area contributed by atoms with Crippen LogP contribution in [0.25, 0.3) is 0 Å². The van der Waals surface area contributed by atoms with Crippen LogP contribution in [0, 0.1) is 20.2 Å². The Labute approximate surface area is 223 Å². The second-order valence-corrected chi connectivity index (χ2v) is 7.55. The van der Waals surface area contributed by atoms with Gasteiger partial charge in [-0.2, -0.15) is 17.6 Å². The van der Waals surface area contributed by atoms with Gasteiger partial charge in [-0.05, 0) is 32.0 Å². The van der Waals surface area contributed by atoms with Crippen LogP contribution in [0.15, 0.2) is 36.4 Å². The van der Waals surface area contributed by atoms with Crippen LogP contribution < -0.4 is 22.1 Å². The number of benzene rings is 2. The Kier molecular flexibility index (Phi) is 11.8. The molecule has 0 aliphatic heterocycles. The van der Waals surface area contributed by atoms with Gasteiger partial charge in [-0.1, -0.05) is 6.07 Å². The Balaban J connectivity index is 0.000000408. The van der Waals surface area contributed by atoms with Crippen LogP contribution in [0.2, 0.25) is 0 Å². The highest BCUT2D eigenvalue weighted by atomic mass is 19.3. The monoisotopic (exact) mass is 578 g/mol. The third-order valence-corrected chi connectivity index (χ3v) is 4.67. The molecule has 0 amide bonds. The summed E-state index contributed by atoms with van der Waals surface area (Å²) in [5, 5.41) is 25.9. The number of nitrogens with two attached hydrogens (primary N) is 2. The van der Waals surface area contributed by atoms with E-state index >= 15 is 0 Å². The van der Waals surface area contributed by atoms with Gasteiger partial charge < -0.3 is 31.6 Å². The molecule has 18 heteroatoms. The number of carbonyl (C=O) groups excluding carboxylic acids is 2. The van der Waals surface area contributed by atoms with Gasteiger partial charge in [-0.3, -0.25) is 20.2 Å². The standard InChI is InChI=1S/C11H11F2N3O6.C11H15F2N3O2/c1-2-22-10(17)11(12,13)6-14-9-7(15(18)19)4-3-5-8(9)16(20)21;1-2-18-10(17)11(12,13)6-16-9-7(14)4-3-5-8(9)15/h3-5,14H,2,6H2,1H3;3-5,16H,2,6,14-15H2,1H3. The second-order valence-electron chi connectivity index (χ2n) is 7.55. The molecule has 0 bridgehead atoms. The molecular formula is C22H26F4N6O8. The van der Waals surface area contributed by atoms with Gasteiger partial charge in [0.2, 0.25) is 0 Å². The fourth-order valence-corrected chi connectivity index (χ4v) is 2.82. The van der Waals surface area contributed by atoms with Crippen LogP contribution in [0.1, 0.15) is 13.8 Å². The minimum atomic E-state index is -3.99. The van der Waals surface area contributed by atoms with Gasteiger partial charge >= 0.3 is 23.8 Å². The summed E-state index contributed by atoms with van der Waals surface area (Å²) >= 11 is 0. The number of hydrogen-bond donors (Lipinski definition) is 4. The van der Waals surface area contributed by atoms with Crippen LogP contribution in [0.3, 0.4) is 0 Å². The maximum absolute atomic E-state index is 13.5. The van der Waals surface area contributed by atoms with E-state index in [2.05, 4.69) is 14.8 Å². The van der Waals surface area contributed by atoms with Crippen molar-refractivity contribution in [1.29, 1.82) is 0 Å². The lowest BCUT2D eigenvalue weighted by Crippen LogP contribution is -2.38. The SMILES string of the molecule is CCOC(=O)C(F)(F)CNc1c(N)cccc1N.CCOC(=O)C(F)(F)CNc1c([N+](=O)[O-])cccc1[N+](=O)[O-]. The first kappa shape index (κ1) is 33.1. The molecule has 0 unspecified atom stereocenters. The number of halogens is 4. The van der Waals surface area contributed by atoms with E-state index in [-0.39, 0.29) is 30.3 Å². The highest BCUT2D eigenvalue weighted by molar-refractivity contribution is 5.82. The molecule has 6 N–H and O–H groups in total. The number of nitro groups is 2. The largest absolute Gasteiger partial charge is 0.462 e. The molecule has 0 saturated heterocycles. The van der Waals surface area contributed by atoms with Crippen molar-refractivity contribution in [2.45, 2.75) is 25.7 Å². The zero-order valence-electron chi connectivity index (χ0n) is 21.1. The lowest BCUT2D eigenvalue weighted by Gasteiger charge is -2.17. The first-order valence-electron chi connectivity index (χ1n) is 11.2. The molecule has 40 heavy (non-hydrogen) atoms. The van der Waals surface area contributed by atoms with Crippen LogP contribution >= 0.6 is 0 Å². The number of anilines is 4. The summed E-state index contributed by atoms with van der Waals surface area (Å²) in [7, 11) is 0. The number of para-hydroxylation sites is 2. The molecule has 0 spiro atoms. The van der Waals surface area contributed by atoms with Gasteiger partial charge in [0.15, 0.2) is 5.69 Å². The van der Waals surface area contributed by atoms with Crippen molar-refractivity contribution in [3.63, 3.8) is 0 Å². The van der Waals surface area contributed by atoms with Crippen molar-refractivity contribution >= 4 is 46.1 Å². The van der Waals surface area contributed by atoms with Crippen molar-refractivity contribution in [2.24, 2.45) is 0 Å². The molecule has 0 aliphatic rings. The van der Waals surface area contributed by atoms with Crippen molar-refractivity contribution < 1.29 is 46.5 Å². The first-order valence-corrected chi connectivity index (χ1v) is 11.2. The summed E-state index contributed by atoms with van der Waals surface area (Å²) < 4.78 is 62.0. The van der Waals surface area contributed by atoms with Crippen LogP contribution in [-0.4, -0.2) is 59.9 Å². The zero-order chi connectivity index (χ0) is 30.7. The number of nitro benzene ring substituents is 2. The normalized spacial score (nSPS) is 10.9. The molecule has 0 aromatic heterocycles. The highest BCUT2D eigenvalue weighted by Crippen LogP contribution is 2.34. The summed E-state index contributed by atoms with van der Waals surface area (Å²) in [5.74, 6) is -11.0. The number of hydrogen-bond acceptors (Lipinski definition) is 12. The maximum atomic E-state index is 13.5.